The van der Waals surface area contributed by atoms with E-state index in [0.717, 1.165) is 22.3 Å². The van der Waals surface area contributed by atoms with Gasteiger partial charge in [0.15, 0.2) is 0 Å². The molecule has 0 saturated heterocycles. The van der Waals surface area contributed by atoms with Crippen molar-refractivity contribution in [1.29, 1.82) is 0 Å². The number of allylic oxidation sites excluding steroid dienone is 1. The van der Waals surface area contributed by atoms with E-state index in [1.54, 1.807) is 7.11 Å². The molecule has 0 unspecified atom stereocenters. The van der Waals surface area contributed by atoms with Crippen LogP contribution in [0.15, 0.2) is 104 Å². The van der Waals surface area contributed by atoms with Crippen molar-refractivity contribution in [3.63, 3.8) is 0 Å². The zero-order chi connectivity index (χ0) is 22.5. The molecule has 0 saturated carbocycles. The fourth-order valence-electron chi connectivity index (χ4n) is 5.09. The van der Waals surface area contributed by atoms with Crippen LogP contribution in [-0.4, -0.2) is 7.11 Å². The van der Waals surface area contributed by atoms with Gasteiger partial charge in [0.05, 0.1) is 7.11 Å². The van der Waals surface area contributed by atoms with Gasteiger partial charge in [-0.15, -0.1) is 0 Å². The van der Waals surface area contributed by atoms with Crippen LogP contribution < -0.4 is 4.74 Å². The Hall–Kier alpha value is -4.10. The molecule has 0 aromatic heterocycles. The molecule has 0 heterocycles. The van der Waals surface area contributed by atoms with Crippen molar-refractivity contribution in [3.05, 3.63) is 109 Å². The fourth-order valence-corrected chi connectivity index (χ4v) is 5.09. The van der Waals surface area contributed by atoms with E-state index in [1.165, 1.54) is 48.8 Å². The summed E-state index contributed by atoms with van der Waals surface area (Å²) in [6, 6.07) is 34.9. The third-order valence-electron chi connectivity index (χ3n) is 6.69. The van der Waals surface area contributed by atoms with Crippen molar-refractivity contribution >= 4 is 48.7 Å². The lowest BCUT2D eigenvalue weighted by Gasteiger charge is -2.16. The highest BCUT2D eigenvalue weighted by molar-refractivity contribution is 6.29. The van der Waals surface area contributed by atoms with Gasteiger partial charge in [-0.25, -0.2) is 0 Å². The highest BCUT2D eigenvalue weighted by Crippen LogP contribution is 2.44. The monoisotopic (exact) mass is 424 g/mol. The Balaban J connectivity index is 1.74. The van der Waals surface area contributed by atoms with Gasteiger partial charge in [0.25, 0.3) is 0 Å². The average molecular weight is 425 g/mol. The van der Waals surface area contributed by atoms with Crippen molar-refractivity contribution in [2.45, 2.75) is 6.92 Å². The first-order valence-corrected chi connectivity index (χ1v) is 11.3. The molecule has 0 aliphatic carbocycles. The summed E-state index contributed by atoms with van der Waals surface area (Å²) < 4.78 is 6.14. The molecule has 6 aromatic rings. The molecule has 0 radical (unpaired) electrons. The standard InChI is InChI=1S/C32H24O/c1-20(2)21-9-8-10-22(17-21)23-15-16-24-19-30-27-13-5-4-11-25(27)26-12-6-7-14-28(26)31(30)32(33-3)29(24)18-23/h4-19H,1H2,2-3H3. The SMILES string of the molecule is C=C(C)c1cccc(-c2ccc3cc4c5ccccc5c5ccccc5c4c(OC)c3c2)c1. The zero-order valence-electron chi connectivity index (χ0n) is 18.9. The molecular weight excluding hydrogens is 400 g/mol. The molecule has 0 aliphatic heterocycles. The Morgan fingerprint density at radius 2 is 1.24 bits per heavy atom. The predicted molar refractivity (Wildman–Crippen MR) is 143 cm³/mol. The topological polar surface area (TPSA) is 9.23 Å². The summed E-state index contributed by atoms with van der Waals surface area (Å²) in [7, 11) is 1.78. The van der Waals surface area contributed by atoms with Crippen LogP contribution >= 0.6 is 0 Å². The van der Waals surface area contributed by atoms with Gasteiger partial charge in [-0.05, 0) is 74.1 Å². The second-order valence-electron chi connectivity index (χ2n) is 8.72. The van der Waals surface area contributed by atoms with Crippen LogP contribution in [0.3, 0.4) is 0 Å². The second-order valence-corrected chi connectivity index (χ2v) is 8.72. The smallest absolute Gasteiger partial charge is 0.135 e. The first-order valence-electron chi connectivity index (χ1n) is 11.3. The lowest BCUT2D eigenvalue weighted by atomic mass is 9.90. The first kappa shape index (κ1) is 19.6. The quantitative estimate of drug-likeness (QED) is 0.203. The van der Waals surface area contributed by atoms with Crippen LogP contribution in [0.2, 0.25) is 0 Å². The Bertz CT molecular complexity index is 1720. The Morgan fingerprint density at radius 1 is 0.606 bits per heavy atom. The molecule has 0 bridgehead atoms. The summed E-state index contributed by atoms with van der Waals surface area (Å²) in [5.74, 6) is 0.933. The summed E-state index contributed by atoms with van der Waals surface area (Å²) in [6.45, 7) is 6.15. The summed E-state index contributed by atoms with van der Waals surface area (Å²) in [5, 5.41) is 9.71. The van der Waals surface area contributed by atoms with E-state index in [1.807, 2.05) is 6.92 Å². The molecule has 0 aliphatic rings. The number of benzene rings is 6. The van der Waals surface area contributed by atoms with Gasteiger partial charge in [-0.2, -0.15) is 0 Å². The number of rotatable bonds is 3. The molecule has 0 fully saturated rings. The average Bonchev–Trinajstić information content (AvgIpc) is 2.87. The van der Waals surface area contributed by atoms with Crippen molar-refractivity contribution in [2.24, 2.45) is 0 Å². The van der Waals surface area contributed by atoms with Gasteiger partial charge in [-0.3, -0.25) is 0 Å². The van der Waals surface area contributed by atoms with Gasteiger partial charge in [0.1, 0.15) is 5.75 Å². The Morgan fingerprint density at radius 3 is 1.94 bits per heavy atom. The Kier molecular flexibility index (Phi) is 4.45. The van der Waals surface area contributed by atoms with E-state index in [-0.39, 0.29) is 0 Å². The molecule has 33 heavy (non-hydrogen) atoms. The lowest BCUT2D eigenvalue weighted by molar-refractivity contribution is 0.425. The number of methoxy groups -OCH3 is 1. The molecule has 6 aromatic carbocycles. The van der Waals surface area contributed by atoms with Crippen LogP contribution in [0.25, 0.3) is 59.8 Å². The molecule has 0 spiro atoms. The molecule has 158 valence electrons. The van der Waals surface area contributed by atoms with E-state index in [9.17, 15) is 0 Å². The van der Waals surface area contributed by atoms with Crippen molar-refractivity contribution < 1.29 is 4.74 Å². The van der Waals surface area contributed by atoms with E-state index in [0.29, 0.717) is 0 Å². The van der Waals surface area contributed by atoms with E-state index in [2.05, 4.69) is 104 Å². The van der Waals surface area contributed by atoms with Crippen molar-refractivity contribution in [2.75, 3.05) is 7.11 Å². The number of hydrogen-bond acceptors (Lipinski definition) is 1. The Labute approximate surface area is 193 Å². The maximum absolute atomic E-state index is 6.14. The van der Waals surface area contributed by atoms with Gasteiger partial charge < -0.3 is 4.74 Å². The molecule has 6 rings (SSSR count). The molecule has 0 N–H and O–H groups in total. The third kappa shape index (κ3) is 3.01. The van der Waals surface area contributed by atoms with E-state index >= 15 is 0 Å². The number of ether oxygens (including phenoxy) is 1. The van der Waals surface area contributed by atoms with Crippen molar-refractivity contribution in [1.82, 2.24) is 0 Å². The van der Waals surface area contributed by atoms with Gasteiger partial charge in [0.2, 0.25) is 0 Å². The summed E-state index contributed by atoms with van der Waals surface area (Å²) in [5.41, 5.74) is 4.59. The summed E-state index contributed by atoms with van der Waals surface area (Å²) in [4.78, 5) is 0. The lowest BCUT2D eigenvalue weighted by Crippen LogP contribution is -1.91. The normalized spacial score (nSPS) is 11.5. The first-order chi connectivity index (χ1) is 16.2. The predicted octanol–water partition coefficient (Wildman–Crippen LogP) is 9.01. The van der Waals surface area contributed by atoms with Crippen LogP contribution in [0.1, 0.15) is 12.5 Å². The maximum atomic E-state index is 6.14. The minimum absolute atomic E-state index is 0.933. The van der Waals surface area contributed by atoms with E-state index < -0.39 is 0 Å². The number of hydrogen-bond donors (Lipinski definition) is 0. The molecular formula is C32H24O. The molecule has 1 heteroatoms. The molecule has 0 amide bonds. The number of fused-ring (bicyclic) bond motifs is 7. The third-order valence-corrected chi connectivity index (χ3v) is 6.69. The van der Waals surface area contributed by atoms with Crippen LogP contribution in [0.4, 0.5) is 0 Å². The zero-order valence-corrected chi connectivity index (χ0v) is 18.9. The maximum Gasteiger partial charge on any atom is 0.135 e. The molecule has 0 atom stereocenters. The van der Waals surface area contributed by atoms with Crippen molar-refractivity contribution in [3.8, 4) is 16.9 Å². The fraction of sp³-hybridized carbons (Fsp3) is 0.0625. The van der Waals surface area contributed by atoms with E-state index in [4.69, 9.17) is 4.74 Å². The highest BCUT2D eigenvalue weighted by atomic mass is 16.5. The summed E-state index contributed by atoms with van der Waals surface area (Å²) in [6.07, 6.45) is 0. The van der Waals surface area contributed by atoms with Crippen LogP contribution in [-0.2, 0) is 0 Å². The minimum atomic E-state index is 0.933. The highest BCUT2D eigenvalue weighted by Gasteiger charge is 2.16. The van der Waals surface area contributed by atoms with Gasteiger partial charge >= 0.3 is 0 Å². The second kappa shape index (κ2) is 7.50. The largest absolute Gasteiger partial charge is 0.495 e. The van der Waals surface area contributed by atoms with Gasteiger partial charge in [-0.1, -0.05) is 91.0 Å². The van der Waals surface area contributed by atoms with Crippen LogP contribution in [0.5, 0.6) is 5.75 Å². The van der Waals surface area contributed by atoms with Crippen LogP contribution in [0, 0.1) is 0 Å². The molecule has 1 nitrogen and oxygen atoms in total. The summed E-state index contributed by atoms with van der Waals surface area (Å²) >= 11 is 0. The van der Waals surface area contributed by atoms with Gasteiger partial charge in [0, 0.05) is 10.8 Å². The minimum Gasteiger partial charge on any atom is -0.495 e.